The largest absolute Gasteiger partial charge is 0.480 e. The van der Waals surface area contributed by atoms with E-state index in [1.54, 1.807) is 31.2 Å². The zero-order chi connectivity index (χ0) is 14.8. The molecular weight excluding hydrogens is 298 g/mol. The summed E-state index contributed by atoms with van der Waals surface area (Å²) in [4.78, 5) is 11.1. The van der Waals surface area contributed by atoms with Crippen molar-refractivity contribution in [2.75, 3.05) is 5.75 Å². The normalized spacial score (nSPS) is 24.2. The van der Waals surface area contributed by atoms with Crippen molar-refractivity contribution in [2.24, 2.45) is 0 Å². The maximum atomic E-state index is 12.3. The second-order valence-electron chi connectivity index (χ2n) is 4.37. The minimum atomic E-state index is -3.75. The Labute approximate surface area is 122 Å². The maximum Gasteiger partial charge on any atom is 0.322 e. The van der Waals surface area contributed by atoms with Crippen LogP contribution in [0.5, 0.6) is 0 Å². The van der Waals surface area contributed by atoms with Gasteiger partial charge in [0.05, 0.1) is 5.37 Å². The molecule has 7 heteroatoms. The van der Waals surface area contributed by atoms with Crippen LogP contribution in [0, 0.1) is 0 Å². The number of rotatable bonds is 4. The summed E-state index contributed by atoms with van der Waals surface area (Å²) in [5.74, 6) is -0.840. The fourth-order valence-corrected chi connectivity index (χ4v) is 5.09. The second kappa shape index (κ2) is 5.99. The zero-order valence-corrected chi connectivity index (χ0v) is 12.5. The monoisotopic (exact) mass is 313 g/mol. The van der Waals surface area contributed by atoms with Crippen molar-refractivity contribution < 1.29 is 18.3 Å². The van der Waals surface area contributed by atoms with Crippen LogP contribution in [0.15, 0.2) is 35.7 Å². The number of carboxylic acids is 1. The first kappa shape index (κ1) is 15.1. The number of carboxylic acid groups (broad SMARTS) is 1. The first-order valence-corrected chi connectivity index (χ1v) is 8.58. The van der Waals surface area contributed by atoms with Gasteiger partial charge < -0.3 is 5.11 Å². The van der Waals surface area contributed by atoms with E-state index in [1.807, 2.05) is 6.07 Å². The average molecular weight is 313 g/mol. The Morgan fingerprint density at radius 3 is 2.65 bits per heavy atom. The Balaban J connectivity index is 2.25. The van der Waals surface area contributed by atoms with E-state index in [-0.39, 0.29) is 11.1 Å². The van der Waals surface area contributed by atoms with Gasteiger partial charge in [-0.15, -0.1) is 11.8 Å². The van der Waals surface area contributed by atoms with Crippen LogP contribution in [0.4, 0.5) is 0 Å². The van der Waals surface area contributed by atoms with Crippen molar-refractivity contribution >= 4 is 33.8 Å². The summed E-state index contributed by atoms with van der Waals surface area (Å²) in [6.45, 7) is 1.70. The molecule has 0 spiro atoms. The minimum Gasteiger partial charge on any atom is -0.480 e. The van der Waals surface area contributed by atoms with E-state index in [4.69, 9.17) is 5.11 Å². The van der Waals surface area contributed by atoms with Crippen molar-refractivity contribution in [1.82, 2.24) is 4.31 Å². The minimum absolute atomic E-state index is 0.273. The molecule has 108 valence electrons. The molecular formula is C13H15NO4S2. The highest BCUT2D eigenvalue weighted by Crippen LogP contribution is 2.32. The number of carbonyl (C=O) groups is 1. The van der Waals surface area contributed by atoms with Gasteiger partial charge in [-0.1, -0.05) is 30.3 Å². The lowest BCUT2D eigenvalue weighted by Gasteiger charge is -2.22. The molecule has 1 fully saturated rings. The van der Waals surface area contributed by atoms with Gasteiger partial charge in [0, 0.05) is 11.2 Å². The third-order valence-electron chi connectivity index (χ3n) is 2.97. The molecule has 0 amide bonds. The summed E-state index contributed by atoms with van der Waals surface area (Å²) in [6.07, 6.45) is 1.48. The van der Waals surface area contributed by atoms with E-state index in [9.17, 15) is 13.2 Å². The summed E-state index contributed by atoms with van der Waals surface area (Å²) in [7, 11) is -3.75. The molecule has 1 aromatic carbocycles. The van der Waals surface area contributed by atoms with Crippen LogP contribution in [0.25, 0.3) is 6.08 Å². The number of nitrogens with zero attached hydrogens (tertiary/aromatic N) is 1. The lowest BCUT2D eigenvalue weighted by molar-refractivity contribution is -0.140. The first-order valence-electron chi connectivity index (χ1n) is 6.03. The second-order valence-corrected chi connectivity index (χ2v) is 7.45. The highest BCUT2D eigenvalue weighted by Gasteiger charge is 2.42. The third kappa shape index (κ3) is 3.23. The van der Waals surface area contributed by atoms with Crippen LogP contribution in [-0.4, -0.2) is 41.0 Å². The van der Waals surface area contributed by atoms with E-state index >= 15 is 0 Å². The average Bonchev–Trinajstić information content (AvgIpc) is 2.81. The van der Waals surface area contributed by atoms with Crippen molar-refractivity contribution in [1.29, 1.82) is 0 Å². The lowest BCUT2D eigenvalue weighted by Crippen LogP contribution is -2.43. The summed E-state index contributed by atoms with van der Waals surface area (Å²) >= 11 is 1.32. The molecule has 5 nitrogen and oxygen atoms in total. The predicted molar refractivity (Wildman–Crippen MR) is 79.6 cm³/mol. The van der Waals surface area contributed by atoms with E-state index < -0.39 is 22.0 Å². The number of benzene rings is 1. The molecule has 1 aliphatic heterocycles. The molecule has 0 aromatic heterocycles. The highest BCUT2D eigenvalue weighted by molar-refractivity contribution is 8.01. The Morgan fingerprint density at radius 1 is 1.40 bits per heavy atom. The molecule has 0 radical (unpaired) electrons. The fraction of sp³-hybridized carbons (Fsp3) is 0.308. The summed E-state index contributed by atoms with van der Waals surface area (Å²) < 4.78 is 25.6. The molecule has 0 saturated carbocycles. The fourth-order valence-electron chi connectivity index (χ4n) is 1.99. The number of thioether (sulfide) groups is 1. The maximum absolute atomic E-state index is 12.3. The number of sulfonamides is 1. The van der Waals surface area contributed by atoms with Gasteiger partial charge in [-0.25, -0.2) is 8.42 Å². The topological polar surface area (TPSA) is 74.7 Å². The lowest BCUT2D eigenvalue weighted by atomic mass is 10.2. The Hall–Kier alpha value is -1.31. The van der Waals surface area contributed by atoms with Crippen molar-refractivity contribution in [3.63, 3.8) is 0 Å². The molecule has 0 bridgehead atoms. The SMILES string of the molecule is CC1SCC(C(=O)O)N1S(=O)(=O)C=Cc1ccccc1. The molecule has 2 rings (SSSR count). The molecule has 1 saturated heterocycles. The molecule has 1 heterocycles. The number of hydrogen-bond donors (Lipinski definition) is 1. The van der Waals surface area contributed by atoms with Gasteiger partial charge >= 0.3 is 5.97 Å². The van der Waals surface area contributed by atoms with Gasteiger partial charge in [-0.05, 0) is 18.6 Å². The van der Waals surface area contributed by atoms with E-state index in [1.165, 1.54) is 17.8 Å². The van der Waals surface area contributed by atoms with Crippen LogP contribution < -0.4 is 0 Å². The number of aliphatic carboxylic acids is 1. The first-order chi connectivity index (χ1) is 9.42. The summed E-state index contributed by atoms with van der Waals surface area (Å²) in [6, 6.07) is 8.01. The van der Waals surface area contributed by atoms with Crippen LogP contribution >= 0.6 is 11.8 Å². The van der Waals surface area contributed by atoms with Crippen LogP contribution in [0.2, 0.25) is 0 Å². The zero-order valence-electron chi connectivity index (χ0n) is 10.8. The molecule has 20 heavy (non-hydrogen) atoms. The van der Waals surface area contributed by atoms with Gasteiger partial charge in [-0.3, -0.25) is 4.79 Å². The quantitative estimate of drug-likeness (QED) is 0.918. The third-order valence-corrected chi connectivity index (χ3v) is 5.96. The van der Waals surface area contributed by atoms with Gasteiger partial charge in [0.25, 0.3) is 0 Å². The number of hydrogen-bond acceptors (Lipinski definition) is 4. The highest BCUT2D eigenvalue weighted by atomic mass is 32.2. The van der Waals surface area contributed by atoms with E-state index in [0.717, 1.165) is 15.3 Å². The van der Waals surface area contributed by atoms with Crippen molar-refractivity contribution in [3.05, 3.63) is 41.3 Å². The van der Waals surface area contributed by atoms with Crippen molar-refractivity contribution in [2.45, 2.75) is 18.3 Å². The predicted octanol–water partition coefficient (Wildman–Crippen LogP) is 1.84. The van der Waals surface area contributed by atoms with Crippen LogP contribution in [-0.2, 0) is 14.8 Å². The molecule has 2 unspecified atom stereocenters. The van der Waals surface area contributed by atoms with Gasteiger partial charge in [0.2, 0.25) is 10.0 Å². The van der Waals surface area contributed by atoms with Gasteiger partial charge in [0.15, 0.2) is 0 Å². The van der Waals surface area contributed by atoms with Gasteiger partial charge in [0.1, 0.15) is 6.04 Å². The standard InChI is InChI=1S/C13H15NO4S2/c1-10-14(12(9-19-10)13(15)16)20(17,18)8-7-11-5-3-2-4-6-11/h2-8,10,12H,9H2,1H3,(H,15,16). The smallest absolute Gasteiger partial charge is 0.322 e. The molecule has 1 aromatic rings. The summed E-state index contributed by atoms with van der Waals surface area (Å²) in [5, 5.41) is 9.80. The Morgan fingerprint density at radius 2 is 2.05 bits per heavy atom. The van der Waals surface area contributed by atoms with Crippen molar-refractivity contribution in [3.8, 4) is 0 Å². The molecule has 1 aliphatic rings. The Bertz CT molecular complexity index is 613. The summed E-state index contributed by atoms with van der Waals surface area (Å²) in [5.41, 5.74) is 0.752. The van der Waals surface area contributed by atoms with Crippen LogP contribution in [0.3, 0.4) is 0 Å². The molecule has 1 N–H and O–H groups in total. The molecule has 0 aliphatic carbocycles. The van der Waals surface area contributed by atoms with Crippen LogP contribution in [0.1, 0.15) is 12.5 Å². The Kier molecular flexibility index (Phi) is 4.52. The van der Waals surface area contributed by atoms with Gasteiger partial charge in [-0.2, -0.15) is 4.31 Å². The molecule has 2 atom stereocenters. The van der Waals surface area contributed by atoms with E-state index in [2.05, 4.69) is 0 Å². The van der Waals surface area contributed by atoms with E-state index in [0.29, 0.717) is 0 Å².